The third-order valence-electron chi connectivity index (χ3n) is 5.57. The molecule has 0 aliphatic carbocycles. The van der Waals surface area contributed by atoms with E-state index in [1.807, 2.05) is 31.2 Å². The second-order valence-electron chi connectivity index (χ2n) is 7.69. The minimum absolute atomic E-state index is 0.104. The molecule has 0 unspecified atom stereocenters. The van der Waals surface area contributed by atoms with Crippen LogP contribution in [-0.2, 0) is 10.0 Å². The van der Waals surface area contributed by atoms with Crippen molar-refractivity contribution in [3.05, 3.63) is 53.1 Å². The molecule has 9 nitrogen and oxygen atoms in total. The summed E-state index contributed by atoms with van der Waals surface area (Å²) in [4.78, 5) is 27.9. The summed E-state index contributed by atoms with van der Waals surface area (Å²) in [6, 6.07) is 11.5. The maximum atomic E-state index is 13.5. The molecule has 0 bridgehead atoms. The number of carbonyl (C=O) groups excluding carboxylic acids is 2. The molecular weight excluding hydrogens is 530 g/mol. The first-order valence-corrected chi connectivity index (χ1v) is 14.3. The van der Waals surface area contributed by atoms with Crippen LogP contribution in [0.3, 0.4) is 0 Å². The summed E-state index contributed by atoms with van der Waals surface area (Å²) in [5.41, 5.74) is 0.412. The third kappa shape index (κ3) is 5.27. The van der Waals surface area contributed by atoms with Crippen molar-refractivity contribution in [3.63, 3.8) is 0 Å². The van der Waals surface area contributed by atoms with Gasteiger partial charge in [0.25, 0.3) is 5.91 Å². The van der Waals surface area contributed by atoms with Gasteiger partial charge >= 0.3 is 6.03 Å². The van der Waals surface area contributed by atoms with Gasteiger partial charge in [0.05, 0.1) is 15.5 Å². The largest absolute Gasteiger partial charge is 0.338 e. The number of sulfonamides is 1. The Bertz CT molecular complexity index is 1370. The van der Waals surface area contributed by atoms with E-state index in [0.717, 1.165) is 22.0 Å². The molecule has 35 heavy (non-hydrogen) atoms. The van der Waals surface area contributed by atoms with Gasteiger partial charge < -0.3 is 10.2 Å². The minimum atomic E-state index is -3.77. The number of anilines is 1. The minimum Gasteiger partial charge on any atom is -0.338 e. The average molecular weight is 554 g/mol. The maximum Gasteiger partial charge on any atom is 0.319 e. The highest BCUT2D eigenvalue weighted by Crippen LogP contribution is 2.37. The number of piperazine rings is 1. The normalized spacial score (nSPS) is 14.8. The van der Waals surface area contributed by atoms with Crippen LogP contribution < -0.4 is 15.8 Å². The molecule has 3 amide bonds. The predicted octanol–water partition coefficient (Wildman–Crippen LogP) is 3.81. The molecule has 0 saturated carbocycles. The smallest absolute Gasteiger partial charge is 0.319 e. The Hall–Kier alpha value is -2.35. The number of nitrogens with one attached hydrogen (secondary N) is 2. The molecule has 1 aliphatic heterocycles. The second kappa shape index (κ2) is 10.7. The molecule has 3 aromatic rings. The van der Waals surface area contributed by atoms with Gasteiger partial charge in [0.2, 0.25) is 10.0 Å². The fraction of sp³-hybridized carbons (Fsp3) is 0.273. The van der Waals surface area contributed by atoms with Crippen LogP contribution in [0.2, 0.25) is 5.02 Å². The zero-order valence-electron chi connectivity index (χ0n) is 18.8. The Morgan fingerprint density at radius 3 is 2.54 bits per heavy atom. The fourth-order valence-electron chi connectivity index (χ4n) is 3.83. The number of nitrogens with two attached hydrogens (primary N) is 1. The van der Waals surface area contributed by atoms with E-state index < -0.39 is 10.0 Å². The number of urea groups is 1. The van der Waals surface area contributed by atoms with E-state index in [9.17, 15) is 18.0 Å². The molecule has 1 saturated heterocycles. The molecule has 1 aliphatic rings. The van der Waals surface area contributed by atoms with Gasteiger partial charge in [0.1, 0.15) is 5.00 Å². The van der Waals surface area contributed by atoms with Crippen molar-refractivity contribution in [1.29, 1.82) is 0 Å². The number of hydrogen-bond donors (Lipinski definition) is 3. The van der Waals surface area contributed by atoms with Crippen LogP contribution in [-0.4, -0.2) is 62.3 Å². The number of halogens is 1. The zero-order valence-corrected chi connectivity index (χ0v) is 22.0. The van der Waals surface area contributed by atoms with Gasteiger partial charge in [-0.25, -0.2) is 13.2 Å². The lowest BCUT2D eigenvalue weighted by Gasteiger charge is -2.34. The molecule has 4 N–H and O–H groups in total. The predicted molar refractivity (Wildman–Crippen MR) is 141 cm³/mol. The van der Waals surface area contributed by atoms with Gasteiger partial charge in [0.15, 0.2) is 0 Å². The Balaban J connectivity index is 1.54. The lowest BCUT2D eigenvalue weighted by atomic mass is 10.1. The molecule has 2 aromatic carbocycles. The summed E-state index contributed by atoms with van der Waals surface area (Å²) < 4.78 is 28.5. The van der Waals surface area contributed by atoms with Crippen LogP contribution in [0.4, 0.5) is 9.80 Å². The Kier molecular flexibility index (Phi) is 7.89. The van der Waals surface area contributed by atoms with Gasteiger partial charge in [-0.1, -0.05) is 29.8 Å². The highest BCUT2D eigenvalue weighted by molar-refractivity contribution is 7.97. The van der Waals surface area contributed by atoms with Crippen LogP contribution in [0.25, 0.3) is 10.1 Å². The molecule has 13 heteroatoms. The van der Waals surface area contributed by atoms with E-state index in [1.165, 1.54) is 33.8 Å². The van der Waals surface area contributed by atoms with E-state index in [0.29, 0.717) is 27.0 Å². The summed E-state index contributed by atoms with van der Waals surface area (Å²) in [7, 11) is -3.77. The van der Waals surface area contributed by atoms with Crippen LogP contribution in [0.15, 0.2) is 52.3 Å². The summed E-state index contributed by atoms with van der Waals surface area (Å²) >= 11 is 8.27. The molecular formula is C22H24ClN5O4S3. The molecule has 0 atom stereocenters. The molecule has 0 spiro atoms. The topological polar surface area (TPSA) is 125 Å². The SMILES string of the molecule is CCNC(=O)Nc1sc2ccccc2c1C(=O)N1CCN(S(=O)(=O)c2ccc(Cl)c(SN)c2)CC1. The van der Waals surface area contributed by atoms with Gasteiger partial charge in [-0.15, -0.1) is 11.3 Å². The van der Waals surface area contributed by atoms with Gasteiger partial charge in [-0.3, -0.25) is 15.3 Å². The fourth-order valence-corrected chi connectivity index (χ4v) is 7.07. The Morgan fingerprint density at radius 1 is 1.14 bits per heavy atom. The first kappa shape index (κ1) is 25.7. The number of nitrogens with zero attached hydrogens (tertiary/aromatic N) is 2. The standard InChI is InChI=1S/C22H24ClN5O4S3/c1-2-25-22(30)26-20-19(15-5-3-4-6-17(15)33-20)21(29)27-9-11-28(12-10-27)35(31,32)14-7-8-16(23)18(13-14)34-24/h3-8,13H,2,9-12,24H2,1H3,(H2,25,26,30). The molecule has 1 aromatic heterocycles. The van der Waals surface area contributed by atoms with E-state index in [-0.39, 0.29) is 43.0 Å². The molecule has 2 heterocycles. The maximum absolute atomic E-state index is 13.5. The van der Waals surface area contributed by atoms with Crippen LogP contribution in [0.5, 0.6) is 0 Å². The molecule has 186 valence electrons. The van der Waals surface area contributed by atoms with E-state index in [2.05, 4.69) is 10.6 Å². The van der Waals surface area contributed by atoms with Gasteiger partial charge in [-0.05, 0) is 43.1 Å². The zero-order chi connectivity index (χ0) is 25.2. The number of rotatable bonds is 6. The number of thiophene rings is 1. The van der Waals surface area contributed by atoms with Crippen LogP contribution >= 0.6 is 34.9 Å². The van der Waals surface area contributed by atoms with Crippen molar-refractivity contribution >= 4 is 71.9 Å². The molecule has 4 rings (SSSR count). The van der Waals surface area contributed by atoms with Gasteiger partial charge in [0, 0.05) is 47.7 Å². The lowest BCUT2D eigenvalue weighted by Crippen LogP contribution is -2.50. The van der Waals surface area contributed by atoms with Crippen LogP contribution in [0, 0.1) is 0 Å². The first-order chi connectivity index (χ1) is 16.8. The van der Waals surface area contributed by atoms with Crippen LogP contribution in [0.1, 0.15) is 17.3 Å². The van der Waals surface area contributed by atoms with Crippen molar-refractivity contribution in [2.45, 2.75) is 16.7 Å². The third-order valence-corrected chi connectivity index (χ3v) is 9.58. The van der Waals surface area contributed by atoms with Crippen molar-refractivity contribution < 1.29 is 18.0 Å². The first-order valence-electron chi connectivity index (χ1n) is 10.8. The molecule has 1 fully saturated rings. The number of benzene rings is 2. The second-order valence-corrected chi connectivity index (χ2v) is 11.8. The van der Waals surface area contributed by atoms with Gasteiger partial charge in [-0.2, -0.15) is 4.31 Å². The summed E-state index contributed by atoms with van der Waals surface area (Å²) in [5.74, 6) is -0.250. The summed E-state index contributed by atoms with van der Waals surface area (Å²) in [5, 5.41) is 12.6. The van der Waals surface area contributed by atoms with E-state index in [4.69, 9.17) is 16.7 Å². The summed E-state index contributed by atoms with van der Waals surface area (Å²) in [6.45, 7) is 2.98. The number of fused-ring (bicyclic) bond motifs is 1. The highest BCUT2D eigenvalue weighted by atomic mass is 35.5. The highest BCUT2D eigenvalue weighted by Gasteiger charge is 2.32. The summed E-state index contributed by atoms with van der Waals surface area (Å²) in [6.07, 6.45) is 0. The van der Waals surface area contributed by atoms with Crippen molar-refractivity contribution in [2.24, 2.45) is 5.14 Å². The van der Waals surface area contributed by atoms with E-state index >= 15 is 0 Å². The number of hydrogen-bond acceptors (Lipinski definition) is 7. The quantitative estimate of drug-likeness (QED) is 0.399. The van der Waals surface area contributed by atoms with E-state index in [1.54, 1.807) is 4.90 Å². The monoisotopic (exact) mass is 553 g/mol. The number of carbonyl (C=O) groups is 2. The van der Waals surface area contributed by atoms with Crippen molar-refractivity contribution in [3.8, 4) is 0 Å². The number of amides is 3. The Morgan fingerprint density at radius 2 is 1.86 bits per heavy atom. The Labute approximate surface area is 216 Å². The van der Waals surface area contributed by atoms with Crippen molar-refractivity contribution in [2.75, 3.05) is 38.0 Å². The molecule has 0 radical (unpaired) electrons. The van der Waals surface area contributed by atoms with Crippen molar-refractivity contribution in [1.82, 2.24) is 14.5 Å². The average Bonchev–Trinajstić information content (AvgIpc) is 3.21. The lowest BCUT2D eigenvalue weighted by molar-refractivity contribution is 0.0701.